The molecular formula is C31H32ClNO. The Labute approximate surface area is 208 Å². The molecule has 0 bridgehead atoms. The maximum absolute atomic E-state index is 6.45. The quantitative estimate of drug-likeness (QED) is 0.297. The number of benzene rings is 3. The average Bonchev–Trinajstić information content (AvgIpc) is 2.80. The molecule has 3 aromatic carbocycles. The smallest absolute Gasteiger partial charge is 0.120 e. The van der Waals surface area contributed by atoms with Crippen molar-refractivity contribution in [3.63, 3.8) is 0 Å². The number of aromatic nitrogens is 1. The summed E-state index contributed by atoms with van der Waals surface area (Å²) in [5.74, 6) is 0.756. The number of aryl methyl sites for hydroxylation is 2. The second kappa shape index (κ2) is 9.27. The average molecular weight is 470 g/mol. The first-order valence-corrected chi connectivity index (χ1v) is 12.0. The molecule has 1 heterocycles. The fourth-order valence-corrected chi connectivity index (χ4v) is 4.73. The fourth-order valence-electron chi connectivity index (χ4n) is 4.51. The van der Waals surface area contributed by atoms with Crippen LogP contribution < -0.4 is 4.74 Å². The van der Waals surface area contributed by atoms with E-state index in [-0.39, 0.29) is 5.41 Å². The number of nitrogens with zero attached hydrogens (tertiary/aromatic N) is 1. The first-order chi connectivity index (χ1) is 16.1. The monoisotopic (exact) mass is 469 g/mol. The Morgan fingerprint density at radius 1 is 0.735 bits per heavy atom. The van der Waals surface area contributed by atoms with Gasteiger partial charge in [0.25, 0.3) is 0 Å². The molecule has 0 saturated heterocycles. The SMILES string of the molecule is COc1cc(Cl)cc(-c2c(C)cc(C)c(C)c2-c2ccc(-c3cc(C(C)(C)C)ccn3)cc2)c1. The molecule has 0 radical (unpaired) electrons. The fraction of sp³-hybridized carbons (Fsp3) is 0.258. The zero-order valence-electron chi connectivity index (χ0n) is 21.1. The maximum atomic E-state index is 6.45. The minimum atomic E-state index is 0.0841. The van der Waals surface area contributed by atoms with Gasteiger partial charge in [0.05, 0.1) is 12.8 Å². The third-order valence-electron chi connectivity index (χ3n) is 6.53. The number of pyridine rings is 1. The van der Waals surface area contributed by atoms with E-state index in [9.17, 15) is 0 Å². The Morgan fingerprint density at radius 3 is 2.06 bits per heavy atom. The van der Waals surface area contributed by atoms with Crippen LogP contribution in [0.3, 0.4) is 0 Å². The van der Waals surface area contributed by atoms with Crippen molar-refractivity contribution in [3.05, 3.63) is 94.1 Å². The lowest BCUT2D eigenvalue weighted by Gasteiger charge is -2.20. The molecule has 0 aliphatic heterocycles. The summed E-state index contributed by atoms with van der Waals surface area (Å²) in [5, 5.41) is 0.665. The highest BCUT2D eigenvalue weighted by Gasteiger charge is 2.18. The molecular weight excluding hydrogens is 438 g/mol. The molecule has 1 aromatic heterocycles. The van der Waals surface area contributed by atoms with Crippen LogP contribution in [0.1, 0.15) is 43.0 Å². The second-order valence-corrected chi connectivity index (χ2v) is 10.5. The van der Waals surface area contributed by atoms with Crippen molar-refractivity contribution in [1.29, 1.82) is 0 Å². The van der Waals surface area contributed by atoms with E-state index in [0.29, 0.717) is 5.02 Å². The molecule has 0 saturated carbocycles. The number of hydrogen-bond acceptors (Lipinski definition) is 2. The summed E-state index contributed by atoms with van der Waals surface area (Å²) >= 11 is 6.45. The first kappa shape index (κ1) is 24.0. The van der Waals surface area contributed by atoms with E-state index < -0.39 is 0 Å². The minimum Gasteiger partial charge on any atom is -0.497 e. The van der Waals surface area contributed by atoms with Crippen molar-refractivity contribution in [3.8, 4) is 39.3 Å². The van der Waals surface area contributed by atoms with Crippen molar-refractivity contribution in [2.24, 2.45) is 0 Å². The van der Waals surface area contributed by atoms with E-state index in [1.807, 2.05) is 18.3 Å². The van der Waals surface area contributed by atoms with Crippen LogP contribution in [0.4, 0.5) is 0 Å². The van der Waals surface area contributed by atoms with Gasteiger partial charge in [-0.25, -0.2) is 0 Å². The van der Waals surface area contributed by atoms with Crippen LogP contribution in [0.5, 0.6) is 5.75 Å². The molecule has 0 spiro atoms. The van der Waals surface area contributed by atoms with Crippen LogP contribution >= 0.6 is 11.6 Å². The standard InChI is InChI=1S/C31H32ClNO/c1-19-14-20(2)29(24-15-26(32)18-27(16-24)34-7)30(21(19)3)23-10-8-22(9-11-23)28-17-25(12-13-33-28)31(4,5)6/h8-18H,1-7H3. The molecule has 0 N–H and O–H groups in total. The highest BCUT2D eigenvalue weighted by atomic mass is 35.5. The van der Waals surface area contributed by atoms with E-state index >= 15 is 0 Å². The van der Waals surface area contributed by atoms with Crippen molar-refractivity contribution >= 4 is 11.6 Å². The molecule has 0 aliphatic carbocycles. The van der Waals surface area contributed by atoms with Gasteiger partial charge >= 0.3 is 0 Å². The van der Waals surface area contributed by atoms with Crippen molar-refractivity contribution in [2.75, 3.05) is 7.11 Å². The molecule has 4 rings (SSSR count). The summed E-state index contributed by atoms with van der Waals surface area (Å²) in [7, 11) is 1.67. The summed E-state index contributed by atoms with van der Waals surface area (Å²) < 4.78 is 5.50. The summed E-state index contributed by atoms with van der Waals surface area (Å²) in [6, 6.07) is 21.2. The molecule has 2 nitrogen and oxygen atoms in total. The lowest BCUT2D eigenvalue weighted by molar-refractivity contribution is 0.415. The highest BCUT2D eigenvalue weighted by Crippen LogP contribution is 2.41. The number of rotatable bonds is 4. The molecule has 174 valence electrons. The van der Waals surface area contributed by atoms with E-state index in [1.165, 1.54) is 38.9 Å². The lowest BCUT2D eigenvalue weighted by atomic mass is 9.85. The van der Waals surface area contributed by atoms with Gasteiger partial charge in [-0.15, -0.1) is 0 Å². The summed E-state index contributed by atoms with van der Waals surface area (Å²) in [5.41, 5.74) is 11.9. The molecule has 3 heteroatoms. The number of hydrogen-bond donors (Lipinski definition) is 0. The van der Waals surface area contributed by atoms with Crippen LogP contribution in [0.25, 0.3) is 33.5 Å². The maximum Gasteiger partial charge on any atom is 0.120 e. The van der Waals surface area contributed by atoms with Crippen molar-refractivity contribution < 1.29 is 4.74 Å². The van der Waals surface area contributed by atoms with E-state index in [4.69, 9.17) is 16.3 Å². The van der Waals surface area contributed by atoms with E-state index in [1.54, 1.807) is 7.11 Å². The van der Waals surface area contributed by atoms with Gasteiger partial charge in [0.1, 0.15) is 5.75 Å². The van der Waals surface area contributed by atoms with Crippen LogP contribution in [0.2, 0.25) is 5.02 Å². The number of methoxy groups -OCH3 is 1. The van der Waals surface area contributed by atoms with Crippen molar-refractivity contribution in [1.82, 2.24) is 4.98 Å². The van der Waals surface area contributed by atoms with Gasteiger partial charge in [-0.3, -0.25) is 4.98 Å². The third-order valence-corrected chi connectivity index (χ3v) is 6.75. The molecule has 0 amide bonds. The largest absolute Gasteiger partial charge is 0.497 e. The molecule has 0 fully saturated rings. The zero-order valence-corrected chi connectivity index (χ0v) is 21.8. The second-order valence-electron chi connectivity index (χ2n) is 10.0. The molecule has 4 aromatic rings. The first-order valence-electron chi connectivity index (χ1n) is 11.6. The molecule has 34 heavy (non-hydrogen) atoms. The minimum absolute atomic E-state index is 0.0841. The van der Waals surface area contributed by atoms with Gasteiger partial charge in [-0.1, -0.05) is 62.7 Å². The van der Waals surface area contributed by atoms with Gasteiger partial charge in [0.2, 0.25) is 0 Å². The van der Waals surface area contributed by atoms with Gasteiger partial charge in [-0.05, 0) is 101 Å². The van der Waals surface area contributed by atoms with Gasteiger partial charge < -0.3 is 4.74 Å². The Hall–Kier alpha value is -3.10. The van der Waals surface area contributed by atoms with Crippen LogP contribution in [0, 0.1) is 20.8 Å². The van der Waals surface area contributed by atoms with Gasteiger partial charge in [0, 0.05) is 16.8 Å². The third kappa shape index (κ3) is 4.74. The highest BCUT2D eigenvalue weighted by molar-refractivity contribution is 6.31. The molecule has 0 atom stereocenters. The van der Waals surface area contributed by atoms with Crippen LogP contribution in [0.15, 0.2) is 66.9 Å². The normalized spacial score (nSPS) is 11.5. The van der Waals surface area contributed by atoms with Gasteiger partial charge in [0.15, 0.2) is 0 Å². The molecule has 0 aliphatic rings. The lowest BCUT2D eigenvalue weighted by Crippen LogP contribution is -2.11. The summed E-state index contributed by atoms with van der Waals surface area (Å²) in [6.07, 6.45) is 1.91. The van der Waals surface area contributed by atoms with Gasteiger partial charge in [-0.2, -0.15) is 0 Å². The summed E-state index contributed by atoms with van der Waals surface area (Å²) in [6.45, 7) is 13.2. The Bertz CT molecular complexity index is 1350. The van der Waals surface area contributed by atoms with Crippen molar-refractivity contribution in [2.45, 2.75) is 47.0 Å². The van der Waals surface area contributed by atoms with Crippen LogP contribution in [-0.4, -0.2) is 12.1 Å². The number of halogens is 1. The predicted molar refractivity (Wildman–Crippen MR) is 145 cm³/mol. The van der Waals surface area contributed by atoms with Crippen LogP contribution in [-0.2, 0) is 5.41 Å². The zero-order chi connectivity index (χ0) is 24.6. The number of ether oxygens (including phenoxy) is 1. The summed E-state index contributed by atoms with van der Waals surface area (Å²) in [4.78, 5) is 4.64. The topological polar surface area (TPSA) is 22.1 Å². The van der Waals surface area contributed by atoms with E-state index in [2.05, 4.69) is 95.1 Å². The Balaban J connectivity index is 1.85. The van der Waals surface area contributed by atoms with E-state index in [0.717, 1.165) is 22.6 Å². The predicted octanol–water partition coefficient (Wildman–Crippen LogP) is 8.97. The Kier molecular flexibility index (Phi) is 6.55. The molecule has 0 unspecified atom stereocenters. The Morgan fingerprint density at radius 2 is 1.41 bits per heavy atom.